The molecule has 1 aromatic carbocycles. The molecule has 6 nitrogen and oxygen atoms in total. The van der Waals surface area contributed by atoms with E-state index in [4.69, 9.17) is 20.1 Å². The van der Waals surface area contributed by atoms with E-state index in [1.54, 1.807) is 27.4 Å². The van der Waals surface area contributed by atoms with Crippen molar-refractivity contribution in [2.45, 2.75) is 6.54 Å². The van der Waals surface area contributed by atoms with Crippen LogP contribution in [0.2, 0.25) is 0 Å². The summed E-state index contributed by atoms with van der Waals surface area (Å²) in [7, 11) is 4.81. The Bertz CT molecular complexity index is 358. The average Bonchev–Trinajstić information content (AvgIpc) is 2.38. The maximum absolute atomic E-state index is 5.29. The molecule has 6 heteroatoms. The molecule has 96 valence electrons. The highest BCUT2D eigenvalue weighted by Crippen LogP contribution is 2.34. The van der Waals surface area contributed by atoms with Crippen molar-refractivity contribution >= 4 is 0 Å². The third-order valence-corrected chi connectivity index (χ3v) is 2.33. The van der Waals surface area contributed by atoms with Crippen molar-refractivity contribution in [2.24, 2.45) is 5.84 Å². The molecule has 0 unspecified atom stereocenters. The van der Waals surface area contributed by atoms with Crippen molar-refractivity contribution in [1.82, 2.24) is 10.7 Å². The lowest BCUT2D eigenvalue weighted by molar-refractivity contribution is 0.347. The van der Waals surface area contributed by atoms with E-state index in [0.29, 0.717) is 24.7 Å². The van der Waals surface area contributed by atoms with Gasteiger partial charge in [-0.15, -0.1) is 0 Å². The number of methoxy groups -OCH3 is 3. The second-order valence-electron chi connectivity index (χ2n) is 3.33. The summed E-state index contributed by atoms with van der Waals surface area (Å²) < 4.78 is 15.7. The van der Waals surface area contributed by atoms with Crippen molar-refractivity contribution in [3.8, 4) is 17.2 Å². The molecule has 0 atom stereocenters. The monoisotopic (exact) mass is 241 g/mol. The first-order chi connectivity index (χ1) is 8.26. The Hall–Kier alpha value is -1.50. The Morgan fingerprint density at radius 1 is 1.00 bits per heavy atom. The van der Waals surface area contributed by atoms with E-state index in [2.05, 4.69) is 10.7 Å². The molecule has 0 saturated carbocycles. The van der Waals surface area contributed by atoms with E-state index in [9.17, 15) is 0 Å². The molecule has 0 aliphatic heterocycles. The summed E-state index contributed by atoms with van der Waals surface area (Å²) in [4.78, 5) is 0. The van der Waals surface area contributed by atoms with Gasteiger partial charge in [-0.1, -0.05) is 0 Å². The van der Waals surface area contributed by atoms with Crippen LogP contribution in [0.25, 0.3) is 0 Å². The number of rotatable bonds is 7. The lowest BCUT2D eigenvalue weighted by Gasteiger charge is -2.14. The molecule has 1 aromatic rings. The molecule has 0 spiro atoms. The number of benzene rings is 1. The first-order valence-electron chi connectivity index (χ1n) is 5.19. The Balaban J connectivity index is 2.93. The molecule has 0 fully saturated rings. The van der Waals surface area contributed by atoms with Crippen LogP contribution >= 0.6 is 0 Å². The van der Waals surface area contributed by atoms with Gasteiger partial charge in [0.25, 0.3) is 0 Å². The predicted octanol–water partition coefficient (Wildman–Crippen LogP) is 0.223. The zero-order valence-electron chi connectivity index (χ0n) is 10.4. The van der Waals surface area contributed by atoms with Crippen molar-refractivity contribution in [2.75, 3.05) is 28.0 Å². The van der Waals surface area contributed by atoms with Crippen LogP contribution in [-0.4, -0.2) is 28.0 Å². The summed E-state index contributed by atoms with van der Waals surface area (Å²) in [5, 5.41) is 3.10. The van der Waals surface area contributed by atoms with Crippen molar-refractivity contribution < 1.29 is 14.2 Å². The summed E-state index contributed by atoms with van der Waals surface area (Å²) >= 11 is 0. The molecule has 0 heterocycles. The van der Waals surface area contributed by atoms with Crippen LogP contribution < -0.4 is 30.8 Å². The number of hydrazine groups is 1. The molecule has 0 bridgehead atoms. The van der Waals surface area contributed by atoms with Crippen LogP contribution in [0.15, 0.2) is 12.1 Å². The Labute approximate surface area is 101 Å². The molecule has 0 aliphatic rings. The fraction of sp³-hybridized carbons (Fsp3) is 0.455. The SMILES string of the molecule is COc1cc(OC)c(OC)cc1CNCNN. The minimum Gasteiger partial charge on any atom is -0.496 e. The standard InChI is InChI=1S/C11H19N3O3/c1-15-9-5-11(17-3)10(16-2)4-8(9)6-13-7-14-12/h4-5,13-14H,6-7,12H2,1-3H3. The number of hydrogen-bond donors (Lipinski definition) is 3. The topological polar surface area (TPSA) is 77.8 Å². The molecule has 0 aliphatic carbocycles. The lowest BCUT2D eigenvalue weighted by atomic mass is 10.1. The van der Waals surface area contributed by atoms with Gasteiger partial charge in [-0.3, -0.25) is 11.2 Å². The fourth-order valence-electron chi connectivity index (χ4n) is 1.50. The molecule has 17 heavy (non-hydrogen) atoms. The largest absolute Gasteiger partial charge is 0.496 e. The predicted molar refractivity (Wildman–Crippen MR) is 65.1 cm³/mol. The quantitative estimate of drug-likeness (QED) is 0.274. The van der Waals surface area contributed by atoms with Crippen LogP contribution in [-0.2, 0) is 6.54 Å². The second kappa shape index (κ2) is 6.95. The van der Waals surface area contributed by atoms with E-state index in [1.807, 2.05) is 6.07 Å². The average molecular weight is 241 g/mol. The highest BCUT2D eigenvalue weighted by Gasteiger charge is 2.11. The first-order valence-corrected chi connectivity index (χ1v) is 5.19. The van der Waals surface area contributed by atoms with Crippen molar-refractivity contribution in [3.05, 3.63) is 17.7 Å². The molecule has 0 aromatic heterocycles. The summed E-state index contributed by atoms with van der Waals surface area (Å²) in [5.41, 5.74) is 3.49. The Morgan fingerprint density at radius 2 is 1.59 bits per heavy atom. The van der Waals surface area contributed by atoms with E-state index >= 15 is 0 Å². The fourth-order valence-corrected chi connectivity index (χ4v) is 1.50. The van der Waals surface area contributed by atoms with Crippen LogP contribution in [0, 0.1) is 0 Å². The van der Waals surface area contributed by atoms with Gasteiger partial charge >= 0.3 is 0 Å². The highest BCUT2D eigenvalue weighted by molar-refractivity contribution is 5.50. The maximum Gasteiger partial charge on any atom is 0.164 e. The van der Waals surface area contributed by atoms with E-state index in [1.165, 1.54) is 0 Å². The molecule has 0 radical (unpaired) electrons. The Kier molecular flexibility index (Phi) is 5.55. The molecule has 1 rings (SSSR count). The minimum atomic E-state index is 0.511. The van der Waals surface area contributed by atoms with Gasteiger partial charge in [0.2, 0.25) is 0 Å². The van der Waals surface area contributed by atoms with E-state index in [0.717, 1.165) is 11.3 Å². The van der Waals surface area contributed by atoms with Gasteiger partial charge in [-0.25, -0.2) is 5.43 Å². The van der Waals surface area contributed by atoms with E-state index < -0.39 is 0 Å². The molecule has 0 saturated heterocycles. The second-order valence-corrected chi connectivity index (χ2v) is 3.33. The van der Waals surface area contributed by atoms with Crippen molar-refractivity contribution in [3.63, 3.8) is 0 Å². The van der Waals surface area contributed by atoms with Crippen molar-refractivity contribution in [1.29, 1.82) is 0 Å². The number of nitrogens with one attached hydrogen (secondary N) is 2. The minimum absolute atomic E-state index is 0.511. The van der Waals surface area contributed by atoms with Crippen LogP contribution in [0.5, 0.6) is 17.2 Å². The first kappa shape index (κ1) is 13.6. The lowest BCUT2D eigenvalue weighted by Crippen LogP contribution is -2.33. The van der Waals surface area contributed by atoms with Gasteiger partial charge in [-0.2, -0.15) is 0 Å². The third kappa shape index (κ3) is 3.48. The molecule has 0 amide bonds. The molecular weight excluding hydrogens is 222 g/mol. The Morgan fingerprint density at radius 3 is 2.12 bits per heavy atom. The zero-order valence-corrected chi connectivity index (χ0v) is 10.4. The number of hydrogen-bond acceptors (Lipinski definition) is 6. The maximum atomic E-state index is 5.29. The summed E-state index contributed by atoms with van der Waals surface area (Å²) in [6, 6.07) is 3.67. The molecule has 4 N–H and O–H groups in total. The van der Waals surface area contributed by atoms with Gasteiger partial charge in [0.05, 0.1) is 28.0 Å². The van der Waals surface area contributed by atoms with Crippen LogP contribution in [0.3, 0.4) is 0 Å². The third-order valence-electron chi connectivity index (χ3n) is 2.33. The van der Waals surface area contributed by atoms with Gasteiger partial charge < -0.3 is 14.2 Å². The van der Waals surface area contributed by atoms with Gasteiger partial charge in [0.1, 0.15) is 5.75 Å². The van der Waals surface area contributed by atoms with E-state index in [-0.39, 0.29) is 0 Å². The van der Waals surface area contributed by atoms with Gasteiger partial charge in [0.15, 0.2) is 11.5 Å². The summed E-state index contributed by atoms with van der Waals surface area (Å²) in [6.07, 6.45) is 0. The smallest absolute Gasteiger partial charge is 0.164 e. The number of ether oxygens (including phenoxy) is 3. The molecular formula is C11H19N3O3. The summed E-state index contributed by atoms with van der Waals surface area (Å²) in [6.45, 7) is 1.13. The van der Waals surface area contributed by atoms with Gasteiger partial charge in [0, 0.05) is 18.2 Å². The van der Waals surface area contributed by atoms with Gasteiger partial charge in [-0.05, 0) is 6.07 Å². The highest BCUT2D eigenvalue weighted by atomic mass is 16.5. The van der Waals surface area contributed by atoms with Crippen LogP contribution in [0.4, 0.5) is 0 Å². The summed E-state index contributed by atoms with van der Waals surface area (Å²) in [5.74, 6) is 7.23. The van der Waals surface area contributed by atoms with Crippen LogP contribution in [0.1, 0.15) is 5.56 Å². The number of nitrogens with two attached hydrogens (primary N) is 1. The zero-order chi connectivity index (χ0) is 12.7. The normalized spacial score (nSPS) is 10.1.